The number of likely N-dealkylation sites (N-methyl/N-ethyl adjacent to an activating group) is 1. The number of aliphatic hydroxyl groups is 1. The third kappa shape index (κ3) is 3.45. The first-order valence-corrected chi connectivity index (χ1v) is 11.6. The summed E-state index contributed by atoms with van der Waals surface area (Å²) >= 11 is 0. The van der Waals surface area contributed by atoms with Crippen LogP contribution in [0.15, 0.2) is 36.7 Å². The Morgan fingerprint density at radius 2 is 2.00 bits per heavy atom. The van der Waals surface area contributed by atoms with Crippen LogP contribution in [0, 0.1) is 12.7 Å². The summed E-state index contributed by atoms with van der Waals surface area (Å²) in [7, 11) is 2.13. The molecule has 1 aliphatic carbocycles. The molecule has 0 radical (unpaired) electrons. The van der Waals surface area contributed by atoms with Gasteiger partial charge in [-0.1, -0.05) is 6.07 Å². The van der Waals surface area contributed by atoms with Crippen molar-refractivity contribution in [2.24, 2.45) is 0 Å². The van der Waals surface area contributed by atoms with Crippen LogP contribution < -0.4 is 5.32 Å². The van der Waals surface area contributed by atoms with Crippen molar-refractivity contribution >= 4 is 22.7 Å². The van der Waals surface area contributed by atoms with Crippen LogP contribution in [0.25, 0.3) is 16.9 Å². The van der Waals surface area contributed by atoms with E-state index in [2.05, 4.69) is 51.3 Å². The Kier molecular flexibility index (Phi) is 4.72. The average molecular weight is 459 g/mol. The molecule has 0 saturated heterocycles. The van der Waals surface area contributed by atoms with E-state index in [1.165, 1.54) is 29.1 Å². The Morgan fingerprint density at radius 1 is 1.15 bits per heavy atom. The molecule has 1 aromatic carbocycles. The van der Waals surface area contributed by atoms with Crippen LogP contribution in [-0.4, -0.2) is 43.1 Å². The normalized spacial score (nSPS) is 19.9. The Labute approximate surface area is 197 Å². The molecule has 3 aromatic heterocycles. The van der Waals surface area contributed by atoms with Crippen molar-refractivity contribution in [2.45, 2.75) is 45.3 Å². The van der Waals surface area contributed by atoms with Crippen molar-refractivity contribution in [3.05, 3.63) is 70.4 Å². The molecular weight excluding hydrogens is 431 g/mol. The van der Waals surface area contributed by atoms with E-state index < -0.39 is 11.4 Å². The first kappa shape index (κ1) is 21.2. The molecule has 0 bridgehead atoms. The molecule has 0 spiro atoms. The fraction of sp³-hybridized carbons (Fsp3) is 0.346. The lowest BCUT2D eigenvalue weighted by atomic mass is 9.94. The highest BCUT2D eigenvalue weighted by atomic mass is 19.1. The quantitative estimate of drug-likeness (QED) is 0.480. The number of anilines is 2. The number of halogens is 1. The van der Waals surface area contributed by atoms with Gasteiger partial charge >= 0.3 is 0 Å². The lowest BCUT2D eigenvalue weighted by Crippen LogP contribution is -2.27. The largest absolute Gasteiger partial charge is 0.384 e. The maximum Gasteiger partial charge on any atom is 0.229 e. The number of nitrogens with zero attached hydrogens (tertiary/aromatic N) is 5. The lowest BCUT2D eigenvalue weighted by Gasteiger charge is -2.27. The average Bonchev–Trinajstić information content (AvgIpc) is 3.29. The van der Waals surface area contributed by atoms with Crippen LogP contribution in [0.5, 0.6) is 0 Å². The van der Waals surface area contributed by atoms with Gasteiger partial charge in [-0.05, 0) is 80.6 Å². The summed E-state index contributed by atoms with van der Waals surface area (Å²) in [6, 6.07) is 8.06. The number of rotatable bonds is 3. The first-order valence-electron chi connectivity index (χ1n) is 11.6. The molecule has 0 unspecified atom stereocenters. The van der Waals surface area contributed by atoms with E-state index in [4.69, 9.17) is 0 Å². The van der Waals surface area contributed by atoms with Gasteiger partial charge in [0.15, 0.2) is 11.5 Å². The van der Waals surface area contributed by atoms with Crippen LogP contribution in [0.3, 0.4) is 0 Å². The van der Waals surface area contributed by atoms with Crippen LogP contribution in [0.2, 0.25) is 0 Å². The molecule has 1 aliphatic heterocycles. The van der Waals surface area contributed by atoms with Crippen molar-refractivity contribution < 1.29 is 9.50 Å². The molecule has 34 heavy (non-hydrogen) atoms. The monoisotopic (exact) mass is 458 g/mol. The van der Waals surface area contributed by atoms with Crippen LogP contribution in [0.1, 0.15) is 41.3 Å². The van der Waals surface area contributed by atoms with Gasteiger partial charge in [-0.15, -0.1) is 0 Å². The Bertz CT molecular complexity index is 1440. The zero-order valence-corrected chi connectivity index (χ0v) is 19.6. The van der Waals surface area contributed by atoms with Crippen molar-refractivity contribution in [2.75, 3.05) is 18.9 Å². The number of aromatic nitrogens is 4. The summed E-state index contributed by atoms with van der Waals surface area (Å²) in [6.07, 6.45) is 5.34. The molecule has 174 valence electrons. The van der Waals surface area contributed by atoms with E-state index in [-0.39, 0.29) is 0 Å². The maximum atomic E-state index is 14.8. The minimum Gasteiger partial charge on any atom is -0.384 e. The zero-order chi connectivity index (χ0) is 23.6. The second kappa shape index (κ2) is 7.58. The van der Waals surface area contributed by atoms with Gasteiger partial charge in [-0.25, -0.2) is 14.4 Å². The van der Waals surface area contributed by atoms with Crippen LogP contribution >= 0.6 is 0 Å². The van der Waals surface area contributed by atoms with Crippen molar-refractivity contribution in [3.8, 4) is 5.82 Å². The van der Waals surface area contributed by atoms with E-state index >= 15 is 0 Å². The Morgan fingerprint density at radius 3 is 2.85 bits per heavy atom. The molecule has 4 aromatic rings. The number of hydrogen-bond acceptors (Lipinski definition) is 6. The highest BCUT2D eigenvalue weighted by Gasteiger charge is 2.34. The Balaban J connectivity index is 1.39. The van der Waals surface area contributed by atoms with Gasteiger partial charge in [0, 0.05) is 31.2 Å². The van der Waals surface area contributed by atoms with Gasteiger partial charge in [0.25, 0.3) is 0 Å². The summed E-state index contributed by atoms with van der Waals surface area (Å²) in [5.74, 6) is 0.499. The van der Waals surface area contributed by atoms with E-state index in [1.807, 2.05) is 12.1 Å². The zero-order valence-electron chi connectivity index (χ0n) is 19.6. The molecule has 4 heterocycles. The predicted molar refractivity (Wildman–Crippen MR) is 129 cm³/mol. The number of aryl methyl sites for hydroxylation is 2. The molecule has 0 amide bonds. The number of fused-ring (bicyclic) bond motifs is 3. The summed E-state index contributed by atoms with van der Waals surface area (Å²) in [4.78, 5) is 16.0. The van der Waals surface area contributed by atoms with Gasteiger partial charge < -0.3 is 15.3 Å². The minimum atomic E-state index is -0.979. The van der Waals surface area contributed by atoms with Crippen LogP contribution in [-0.2, 0) is 25.0 Å². The molecule has 7 nitrogen and oxygen atoms in total. The second-order valence-electron chi connectivity index (χ2n) is 9.77. The Hall–Kier alpha value is -3.36. The highest BCUT2D eigenvalue weighted by Crippen LogP contribution is 2.36. The molecule has 6 rings (SSSR count). The maximum absolute atomic E-state index is 14.8. The van der Waals surface area contributed by atoms with Gasteiger partial charge in [0.2, 0.25) is 5.95 Å². The minimum absolute atomic E-state index is 0.322. The predicted octanol–water partition coefficient (Wildman–Crippen LogP) is 4.15. The van der Waals surface area contributed by atoms with E-state index in [9.17, 15) is 9.50 Å². The molecule has 1 atom stereocenters. The topological polar surface area (TPSA) is 79.1 Å². The lowest BCUT2D eigenvalue weighted by molar-refractivity contribution is 0.0553. The van der Waals surface area contributed by atoms with Gasteiger partial charge in [-0.3, -0.25) is 4.57 Å². The molecule has 2 N–H and O–H groups in total. The standard InChI is InChI=1S/C26H27FN6O/c1-15-10-18(11-17-13-32(3)9-7-19(15)17)29-25-28-12-20-21(27)14-33(24(20)31-25)22-5-4-16-6-8-26(2,34)23(16)30-22/h4-5,10-12,14,34H,6-9,13H2,1-3H3,(H,28,29,31)/t26-/m0/s1. The molecular formula is C26H27FN6O. The van der Waals surface area contributed by atoms with E-state index in [0.29, 0.717) is 34.9 Å². The summed E-state index contributed by atoms with van der Waals surface area (Å²) < 4.78 is 16.4. The second-order valence-corrected chi connectivity index (χ2v) is 9.77. The SMILES string of the molecule is Cc1cc(Nc2ncc3c(F)cn(-c4ccc5c(n4)[C@@](C)(O)CC5)c3n2)cc2c1CCN(C)C2. The molecule has 2 aliphatic rings. The number of pyridine rings is 1. The summed E-state index contributed by atoms with van der Waals surface area (Å²) in [6.45, 7) is 5.88. The fourth-order valence-corrected chi connectivity index (χ4v) is 5.24. The van der Waals surface area contributed by atoms with Gasteiger partial charge in [0.05, 0.1) is 11.1 Å². The number of benzene rings is 1. The van der Waals surface area contributed by atoms with Gasteiger partial charge in [-0.2, -0.15) is 4.98 Å². The van der Waals surface area contributed by atoms with E-state index in [0.717, 1.165) is 37.2 Å². The van der Waals surface area contributed by atoms with Gasteiger partial charge in [0.1, 0.15) is 11.4 Å². The molecule has 0 saturated carbocycles. The molecule has 0 fully saturated rings. The first-order chi connectivity index (χ1) is 16.3. The third-order valence-corrected chi connectivity index (χ3v) is 7.10. The number of hydrogen-bond donors (Lipinski definition) is 2. The smallest absolute Gasteiger partial charge is 0.229 e. The summed E-state index contributed by atoms with van der Waals surface area (Å²) in [5.41, 5.74) is 6.00. The fourth-order valence-electron chi connectivity index (χ4n) is 5.24. The van der Waals surface area contributed by atoms with Crippen LogP contribution in [0.4, 0.5) is 16.0 Å². The van der Waals surface area contributed by atoms with Crippen molar-refractivity contribution in [3.63, 3.8) is 0 Å². The van der Waals surface area contributed by atoms with Crippen molar-refractivity contribution in [1.29, 1.82) is 0 Å². The summed E-state index contributed by atoms with van der Waals surface area (Å²) in [5, 5.41) is 14.3. The number of nitrogens with one attached hydrogen (secondary N) is 1. The van der Waals surface area contributed by atoms with Crippen molar-refractivity contribution in [1.82, 2.24) is 24.4 Å². The highest BCUT2D eigenvalue weighted by molar-refractivity contribution is 5.79. The third-order valence-electron chi connectivity index (χ3n) is 7.10. The van der Waals surface area contributed by atoms with E-state index in [1.54, 1.807) is 11.5 Å². The molecule has 8 heteroatoms.